The van der Waals surface area contributed by atoms with Crippen LogP contribution in [0.4, 0.5) is 0 Å². The number of pyridine rings is 4. The van der Waals surface area contributed by atoms with Crippen LogP contribution in [0.25, 0.3) is 55.2 Å². The highest BCUT2D eigenvalue weighted by molar-refractivity contribution is 6.05. The summed E-state index contributed by atoms with van der Waals surface area (Å²) in [4.78, 5) is 44.6. The second-order valence-corrected chi connectivity index (χ2v) is 14.7. The van der Waals surface area contributed by atoms with Crippen LogP contribution >= 0.6 is 0 Å². The number of fused-ring (bicyclic) bond motifs is 8. The second kappa shape index (κ2) is 15.0. The van der Waals surface area contributed by atoms with Crippen LogP contribution in [0.2, 0.25) is 0 Å². The van der Waals surface area contributed by atoms with Crippen LogP contribution in [0.3, 0.4) is 0 Å². The molecule has 2 aromatic carbocycles. The number of carboxylic acid groups (broad SMARTS) is 1. The first kappa shape index (κ1) is 36.0. The lowest BCUT2D eigenvalue weighted by Crippen LogP contribution is -2.55. The third-order valence-corrected chi connectivity index (χ3v) is 10.1. The SMILES string of the molecule is C[C@@H]1CN(C(=O)c2cc3cc4ccccc4nc3n3ccnc23)C[C@H](C)N1.C[C@@H]1CNC[C@H](C)N1.O=C(O)c1cc2cc3ccccc3nc2n2ccnc12. The summed E-state index contributed by atoms with van der Waals surface area (Å²) in [7, 11) is 0. The number of imidazole rings is 2. The number of nitrogens with one attached hydrogen (secondary N) is 3. The number of nitrogens with zero attached hydrogens (tertiary/aromatic N) is 7. The van der Waals surface area contributed by atoms with Gasteiger partial charge >= 0.3 is 5.97 Å². The van der Waals surface area contributed by atoms with Crippen LogP contribution in [-0.4, -0.2) is 101 Å². The van der Waals surface area contributed by atoms with Gasteiger partial charge in [-0.3, -0.25) is 13.6 Å². The van der Waals surface area contributed by atoms with Crippen molar-refractivity contribution in [2.75, 3.05) is 26.2 Å². The molecule has 2 aliphatic heterocycles. The average Bonchev–Trinajstić information content (AvgIpc) is 3.87. The summed E-state index contributed by atoms with van der Waals surface area (Å²) >= 11 is 0. The van der Waals surface area contributed by atoms with Gasteiger partial charge in [-0.15, -0.1) is 0 Å². The van der Waals surface area contributed by atoms with Gasteiger partial charge in [0.15, 0.2) is 11.3 Å². The molecule has 2 aliphatic rings. The number of amides is 1. The Morgan fingerprint density at radius 2 is 1.09 bits per heavy atom. The van der Waals surface area contributed by atoms with Gasteiger partial charge in [-0.2, -0.15) is 0 Å². The molecule has 8 aromatic rings. The molecule has 4 N–H and O–H groups in total. The number of aromatic nitrogens is 6. The first-order valence-corrected chi connectivity index (χ1v) is 18.7. The Balaban J connectivity index is 0.000000133. The molecule has 2 saturated heterocycles. The maximum Gasteiger partial charge on any atom is 0.339 e. The molecule has 0 aliphatic carbocycles. The van der Waals surface area contributed by atoms with Gasteiger partial charge in [-0.05, 0) is 64.1 Å². The molecule has 55 heavy (non-hydrogen) atoms. The lowest BCUT2D eigenvalue weighted by molar-refractivity contribution is 0.0673. The smallest absolute Gasteiger partial charge is 0.339 e. The molecule has 0 bridgehead atoms. The van der Waals surface area contributed by atoms with Crippen LogP contribution in [0.1, 0.15) is 48.4 Å². The number of aromatic carboxylic acids is 1. The lowest BCUT2D eigenvalue weighted by Gasteiger charge is -2.36. The first-order valence-electron chi connectivity index (χ1n) is 18.7. The molecule has 1 amide bonds. The molecule has 10 rings (SSSR count). The number of para-hydroxylation sites is 2. The van der Waals surface area contributed by atoms with Crippen molar-refractivity contribution in [1.82, 2.24) is 49.6 Å². The maximum absolute atomic E-state index is 13.3. The highest BCUT2D eigenvalue weighted by Crippen LogP contribution is 2.26. The molecular weight excluding hydrogens is 693 g/mol. The zero-order valence-electron chi connectivity index (χ0n) is 31.3. The van der Waals surface area contributed by atoms with E-state index in [0.717, 1.165) is 51.3 Å². The van der Waals surface area contributed by atoms with Crippen molar-refractivity contribution in [3.05, 3.63) is 109 Å². The summed E-state index contributed by atoms with van der Waals surface area (Å²) in [6, 6.07) is 25.2. The van der Waals surface area contributed by atoms with Crippen LogP contribution in [-0.2, 0) is 0 Å². The van der Waals surface area contributed by atoms with Crippen molar-refractivity contribution in [2.45, 2.75) is 51.9 Å². The van der Waals surface area contributed by atoms with Gasteiger partial charge in [0.2, 0.25) is 0 Å². The van der Waals surface area contributed by atoms with Gasteiger partial charge in [0.05, 0.1) is 16.6 Å². The van der Waals surface area contributed by atoms with Crippen LogP contribution in [0, 0.1) is 0 Å². The molecule has 6 aromatic heterocycles. The normalized spacial score (nSPS) is 20.0. The minimum Gasteiger partial charge on any atom is -0.478 e. The van der Waals surface area contributed by atoms with Gasteiger partial charge in [0.25, 0.3) is 5.91 Å². The molecule has 280 valence electrons. The van der Waals surface area contributed by atoms with Gasteiger partial charge in [-0.1, -0.05) is 36.4 Å². The Kier molecular flexibility index (Phi) is 9.82. The lowest BCUT2D eigenvalue weighted by atomic mass is 10.1. The number of carboxylic acids is 1. The number of piperazine rings is 2. The Labute approximate surface area is 317 Å². The van der Waals surface area contributed by atoms with Crippen molar-refractivity contribution >= 4 is 67.0 Å². The summed E-state index contributed by atoms with van der Waals surface area (Å²) in [5.41, 5.74) is 5.22. The summed E-state index contributed by atoms with van der Waals surface area (Å²) in [5, 5.41) is 23.3. The zero-order valence-corrected chi connectivity index (χ0v) is 31.3. The van der Waals surface area contributed by atoms with E-state index in [2.05, 4.69) is 64.7 Å². The van der Waals surface area contributed by atoms with E-state index in [9.17, 15) is 14.7 Å². The molecule has 0 spiro atoms. The van der Waals surface area contributed by atoms with E-state index >= 15 is 0 Å². The van der Waals surface area contributed by atoms with Gasteiger partial charge in [0, 0.05) is 96.7 Å². The predicted octanol–water partition coefficient (Wildman–Crippen LogP) is 5.55. The summed E-state index contributed by atoms with van der Waals surface area (Å²) in [6.07, 6.45) is 6.91. The first-order chi connectivity index (χ1) is 26.6. The summed E-state index contributed by atoms with van der Waals surface area (Å²) < 4.78 is 3.63. The van der Waals surface area contributed by atoms with E-state index in [1.165, 1.54) is 0 Å². The van der Waals surface area contributed by atoms with Crippen molar-refractivity contribution in [1.29, 1.82) is 0 Å². The molecule has 0 radical (unpaired) electrons. The predicted molar refractivity (Wildman–Crippen MR) is 216 cm³/mol. The highest BCUT2D eigenvalue weighted by Gasteiger charge is 2.28. The number of benzene rings is 2. The van der Waals surface area contributed by atoms with Crippen LogP contribution < -0.4 is 16.0 Å². The van der Waals surface area contributed by atoms with Crippen LogP contribution in [0.15, 0.2) is 97.6 Å². The van der Waals surface area contributed by atoms with Crippen molar-refractivity contribution in [3.8, 4) is 0 Å². The van der Waals surface area contributed by atoms with E-state index in [4.69, 9.17) is 4.98 Å². The zero-order chi connectivity index (χ0) is 38.2. The molecule has 2 fully saturated rings. The Hall–Kier alpha value is -6.02. The summed E-state index contributed by atoms with van der Waals surface area (Å²) in [5.74, 6) is -0.960. The number of carbonyl (C=O) groups is 2. The number of rotatable bonds is 2. The molecule has 0 saturated carbocycles. The number of hydrogen-bond acceptors (Lipinski definition) is 9. The standard InChI is InChI=1S/C21H21N5O.C15H9N3O2.C6H14N2/c1-13-11-25(12-14(2)23-13)21(27)17-10-16-9-15-5-3-4-6-18(15)24-19(16)26-8-7-22-20(17)26;19-15(20)11-8-10-7-9-3-1-2-4-12(9)17-13(10)18-6-5-16-14(11)18;1-5-3-7-4-6(2)8-5/h3-10,13-14,23H,11-12H2,1-2H3;1-8H,(H,19,20);5-8H,3-4H2,1-2H3/t13-,14+;;5-,6+. The minimum atomic E-state index is -0.990. The molecule has 13 nitrogen and oxygen atoms in total. The fraction of sp³-hybridized carbons (Fsp3) is 0.286. The maximum atomic E-state index is 13.3. The Morgan fingerprint density at radius 3 is 1.58 bits per heavy atom. The highest BCUT2D eigenvalue weighted by atomic mass is 16.4. The van der Waals surface area contributed by atoms with E-state index < -0.39 is 5.97 Å². The van der Waals surface area contributed by atoms with Gasteiger partial charge < -0.3 is 26.0 Å². The van der Waals surface area contributed by atoms with E-state index in [1.807, 2.05) is 76.2 Å². The fourth-order valence-electron chi connectivity index (χ4n) is 7.73. The Morgan fingerprint density at radius 1 is 0.618 bits per heavy atom. The van der Waals surface area contributed by atoms with E-state index in [-0.39, 0.29) is 23.6 Å². The fourth-order valence-corrected chi connectivity index (χ4v) is 7.73. The molecule has 4 atom stereocenters. The molecule has 0 unspecified atom stereocenters. The summed E-state index contributed by atoms with van der Waals surface area (Å²) in [6.45, 7) is 12.2. The third kappa shape index (κ3) is 7.29. The van der Waals surface area contributed by atoms with Gasteiger partial charge in [0.1, 0.15) is 16.9 Å². The number of carbonyl (C=O) groups excluding carboxylic acids is 1. The third-order valence-electron chi connectivity index (χ3n) is 10.1. The average molecular weight is 737 g/mol. The quantitative estimate of drug-likeness (QED) is 0.166. The van der Waals surface area contributed by atoms with E-state index in [1.54, 1.807) is 29.1 Å². The largest absolute Gasteiger partial charge is 0.478 e. The topological polar surface area (TPSA) is 154 Å². The van der Waals surface area contributed by atoms with Crippen molar-refractivity contribution in [3.63, 3.8) is 0 Å². The number of hydrogen-bond donors (Lipinski definition) is 4. The molecule has 8 heterocycles. The van der Waals surface area contributed by atoms with Crippen LogP contribution in [0.5, 0.6) is 0 Å². The van der Waals surface area contributed by atoms with Crippen molar-refractivity contribution < 1.29 is 14.7 Å². The molecule has 13 heteroatoms. The van der Waals surface area contributed by atoms with Gasteiger partial charge in [-0.25, -0.2) is 24.7 Å². The molecular formula is C42H44N10O3. The van der Waals surface area contributed by atoms with E-state index in [0.29, 0.717) is 47.7 Å². The monoisotopic (exact) mass is 736 g/mol. The minimum absolute atomic E-state index is 0.0291. The Bertz CT molecular complexity index is 2690. The van der Waals surface area contributed by atoms with Crippen molar-refractivity contribution in [2.24, 2.45) is 0 Å². The second-order valence-electron chi connectivity index (χ2n) is 14.7.